The second-order valence-electron chi connectivity index (χ2n) is 8.69. The lowest BCUT2D eigenvalue weighted by Gasteiger charge is -2.27. The Kier molecular flexibility index (Phi) is 5.84. The highest BCUT2D eigenvalue weighted by atomic mass is 16.1. The molecule has 0 unspecified atom stereocenters. The second kappa shape index (κ2) is 8.75. The van der Waals surface area contributed by atoms with Gasteiger partial charge in [0.1, 0.15) is 0 Å². The van der Waals surface area contributed by atoms with Crippen LogP contribution in [0.25, 0.3) is 0 Å². The average molecular weight is 435 g/mol. The predicted octanol–water partition coefficient (Wildman–Crippen LogP) is 5.64. The van der Waals surface area contributed by atoms with Crippen LogP contribution in [-0.2, 0) is 5.41 Å². The number of hydrogen-bond acceptors (Lipinski definition) is 4. The number of benzene rings is 4. The van der Waals surface area contributed by atoms with E-state index in [4.69, 9.17) is 11.5 Å². The Balaban J connectivity index is 1.66. The molecule has 0 aromatic heterocycles. The van der Waals surface area contributed by atoms with Crippen LogP contribution in [0, 0.1) is 0 Å². The second-order valence-corrected chi connectivity index (χ2v) is 8.69. The third-order valence-electron chi connectivity index (χ3n) is 6.04. The molecule has 4 heteroatoms. The van der Waals surface area contributed by atoms with E-state index in [1.54, 1.807) is 48.5 Å². The third kappa shape index (κ3) is 4.55. The molecule has 0 atom stereocenters. The van der Waals surface area contributed by atoms with Gasteiger partial charge in [0.25, 0.3) is 0 Å². The van der Waals surface area contributed by atoms with Gasteiger partial charge in [0.05, 0.1) is 0 Å². The highest BCUT2D eigenvalue weighted by molar-refractivity contribution is 6.10. The van der Waals surface area contributed by atoms with Gasteiger partial charge in [0, 0.05) is 39.0 Å². The minimum atomic E-state index is -0.422. The number of carbonyl (C=O) groups is 2. The monoisotopic (exact) mass is 434 g/mol. The van der Waals surface area contributed by atoms with Crippen LogP contribution in [0.3, 0.4) is 0 Å². The predicted molar refractivity (Wildman–Crippen MR) is 134 cm³/mol. The van der Waals surface area contributed by atoms with Gasteiger partial charge in [0.15, 0.2) is 11.6 Å². The van der Waals surface area contributed by atoms with Gasteiger partial charge in [-0.25, -0.2) is 0 Å². The molecule has 0 amide bonds. The molecule has 0 heterocycles. The summed E-state index contributed by atoms with van der Waals surface area (Å²) in [7, 11) is 0. The number of nitrogens with two attached hydrogens (primary N) is 2. The van der Waals surface area contributed by atoms with Gasteiger partial charge in [-0.05, 0) is 71.8 Å². The van der Waals surface area contributed by atoms with Crippen molar-refractivity contribution in [2.24, 2.45) is 0 Å². The van der Waals surface area contributed by atoms with Crippen molar-refractivity contribution in [1.29, 1.82) is 0 Å². The van der Waals surface area contributed by atoms with Gasteiger partial charge in [-0.15, -0.1) is 0 Å². The molecule has 0 aliphatic carbocycles. The van der Waals surface area contributed by atoms with Crippen molar-refractivity contribution >= 4 is 22.9 Å². The van der Waals surface area contributed by atoms with Crippen molar-refractivity contribution in [3.05, 3.63) is 130 Å². The molecule has 0 radical (unpaired) electrons. The molecule has 4 N–H and O–H groups in total. The van der Waals surface area contributed by atoms with E-state index >= 15 is 0 Å². The van der Waals surface area contributed by atoms with Crippen molar-refractivity contribution in [2.75, 3.05) is 11.5 Å². The Labute approximate surface area is 193 Å². The molecule has 0 fully saturated rings. The SMILES string of the molecule is CC(C)(c1cccc(C(=O)c2ccc(N)cc2)c1)c1cccc(C(=O)c2ccc(N)cc2)c1. The minimum absolute atomic E-state index is 0.0556. The zero-order valence-corrected chi connectivity index (χ0v) is 18.7. The molecule has 4 nitrogen and oxygen atoms in total. The lowest BCUT2D eigenvalue weighted by Crippen LogP contribution is -2.20. The molecule has 0 saturated carbocycles. The van der Waals surface area contributed by atoms with Crippen molar-refractivity contribution < 1.29 is 9.59 Å². The highest BCUT2D eigenvalue weighted by Crippen LogP contribution is 2.33. The first-order valence-corrected chi connectivity index (χ1v) is 10.8. The molecule has 0 aliphatic heterocycles. The number of carbonyl (C=O) groups excluding carboxylic acids is 2. The normalized spacial score (nSPS) is 11.2. The fourth-order valence-corrected chi connectivity index (χ4v) is 3.87. The quantitative estimate of drug-likeness (QED) is 0.304. The summed E-state index contributed by atoms with van der Waals surface area (Å²) in [4.78, 5) is 26.0. The van der Waals surface area contributed by atoms with Gasteiger partial charge in [-0.1, -0.05) is 50.2 Å². The standard InChI is InChI=1S/C29H26N2O2/c1-29(2,23-7-3-5-21(17-23)27(32)19-9-13-25(30)14-10-19)24-8-4-6-22(18-24)28(33)20-11-15-26(31)16-12-20/h3-18H,30-31H2,1-2H3. The fourth-order valence-electron chi connectivity index (χ4n) is 3.87. The number of hydrogen-bond donors (Lipinski definition) is 2. The Bertz CT molecular complexity index is 1220. The van der Waals surface area contributed by atoms with Crippen LogP contribution in [0.1, 0.15) is 56.8 Å². The summed E-state index contributed by atoms with van der Waals surface area (Å²) < 4.78 is 0. The molecule has 0 spiro atoms. The number of rotatable bonds is 6. The molecule has 4 rings (SSSR count). The third-order valence-corrected chi connectivity index (χ3v) is 6.04. The average Bonchev–Trinajstić information content (AvgIpc) is 2.84. The Hall–Kier alpha value is -4.18. The van der Waals surface area contributed by atoms with Gasteiger partial charge < -0.3 is 11.5 Å². The summed E-state index contributed by atoms with van der Waals surface area (Å²) >= 11 is 0. The summed E-state index contributed by atoms with van der Waals surface area (Å²) in [5, 5.41) is 0. The lowest BCUT2D eigenvalue weighted by atomic mass is 9.76. The van der Waals surface area contributed by atoms with E-state index in [-0.39, 0.29) is 11.6 Å². The van der Waals surface area contributed by atoms with E-state index in [2.05, 4.69) is 13.8 Å². The molecule has 0 aliphatic rings. The summed E-state index contributed by atoms with van der Waals surface area (Å²) in [6.07, 6.45) is 0. The van der Waals surface area contributed by atoms with E-state index in [1.165, 1.54) is 0 Å². The topological polar surface area (TPSA) is 86.2 Å². The molecule has 164 valence electrons. The maximum absolute atomic E-state index is 13.0. The maximum atomic E-state index is 13.0. The molecule has 4 aromatic carbocycles. The van der Waals surface area contributed by atoms with Crippen LogP contribution in [-0.4, -0.2) is 11.6 Å². The van der Waals surface area contributed by atoms with E-state index < -0.39 is 5.41 Å². The van der Waals surface area contributed by atoms with Crippen molar-refractivity contribution in [1.82, 2.24) is 0 Å². The van der Waals surface area contributed by atoms with E-state index in [0.29, 0.717) is 33.6 Å². The Morgan fingerprint density at radius 3 is 1.27 bits per heavy atom. The van der Waals surface area contributed by atoms with Gasteiger partial charge >= 0.3 is 0 Å². The maximum Gasteiger partial charge on any atom is 0.193 e. The molecule has 0 bridgehead atoms. The van der Waals surface area contributed by atoms with Crippen molar-refractivity contribution in [3.63, 3.8) is 0 Å². The smallest absolute Gasteiger partial charge is 0.193 e. The van der Waals surface area contributed by atoms with Crippen LogP contribution in [0.5, 0.6) is 0 Å². The first-order chi connectivity index (χ1) is 15.8. The first-order valence-electron chi connectivity index (χ1n) is 10.8. The van der Waals surface area contributed by atoms with E-state index in [1.807, 2.05) is 48.5 Å². The summed E-state index contributed by atoms with van der Waals surface area (Å²) in [6.45, 7) is 4.18. The molecule has 0 saturated heterocycles. The van der Waals surface area contributed by atoms with Gasteiger partial charge in [-0.2, -0.15) is 0 Å². The number of ketones is 2. The Morgan fingerprint density at radius 1 is 0.545 bits per heavy atom. The van der Waals surface area contributed by atoms with Crippen LogP contribution in [0.4, 0.5) is 11.4 Å². The van der Waals surface area contributed by atoms with E-state index in [0.717, 1.165) is 11.1 Å². The molecular weight excluding hydrogens is 408 g/mol. The minimum Gasteiger partial charge on any atom is -0.399 e. The Morgan fingerprint density at radius 2 is 0.909 bits per heavy atom. The number of nitrogen functional groups attached to an aromatic ring is 2. The van der Waals surface area contributed by atoms with Crippen molar-refractivity contribution in [2.45, 2.75) is 19.3 Å². The van der Waals surface area contributed by atoms with Crippen LogP contribution >= 0.6 is 0 Å². The van der Waals surface area contributed by atoms with E-state index in [9.17, 15) is 9.59 Å². The van der Waals surface area contributed by atoms with Gasteiger partial charge in [0.2, 0.25) is 0 Å². The summed E-state index contributed by atoms with van der Waals surface area (Å²) in [5.41, 5.74) is 16.7. The zero-order valence-electron chi connectivity index (χ0n) is 18.7. The first kappa shape index (κ1) is 22.0. The highest BCUT2D eigenvalue weighted by Gasteiger charge is 2.25. The van der Waals surface area contributed by atoms with Crippen LogP contribution in [0.2, 0.25) is 0 Å². The lowest BCUT2D eigenvalue weighted by molar-refractivity contribution is 0.103. The number of anilines is 2. The zero-order chi connectivity index (χ0) is 23.6. The molecular formula is C29H26N2O2. The fraction of sp³-hybridized carbons (Fsp3) is 0.103. The van der Waals surface area contributed by atoms with Crippen LogP contribution < -0.4 is 11.5 Å². The van der Waals surface area contributed by atoms with Crippen LogP contribution in [0.15, 0.2) is 97.1 Å². The molecule has 33 heavy (non-hydrogen) atoms. The summed E-state index contributed by atoms with van der Waals surface area (Å²) in [6, 6.07) is 29.1. The summed E-state index contributed by atoms with van der Waals surface area (Å²) in [5.74, 6) is -0.111. The largest absolute Gasteiger partial charge is 0.399 e. The van der Waals surface area contributed by atoms with Gasteiger partial charge in [-0.3, -0.25) is 9.59 Å². The van der Waals surface area contributed by atoms with Crippen molar-refractivity contribution in [3.8, 4) is 0 Å². The molecule has 4 aromatic rings.